The van der Waals surface area contributed by atoms with Crippen LogP contribution in [0.1, 0.15) is 43.7 Å². The van der Waals surface area contributed by atoms with E-state index in [1.807, 2.05) is 72.8 Å². The predicted octanol–water partition coefficient (Wildman–Crippen LogP) is 7.61. The van der Waals surface area contributed by atoms with Crippen molar-refractivity contribution in [3.8, 4) is 28.4 Å². The first-order valence-corrected chi connectivity index (χ1v) is 12.3. The van der Waals surface area contributed by atoms with Gasteiger partial charge < -0.3 is 18.6 Å². The van der Waals surface area contributed by atoms with Crippen molar-refractivity contribution in [3.63, 3.8) is 0 Å². The molecule has 0 aliphatic heterocycles. The number of hydrogen-bond acceptors (Lipinski definition) is 5. The summed E-state index contributed by atoms with van der Waals surface area (Å²) in [5.74, 6) is 2.14. The highest BCUT2D eigenvalue weighted by atomic mass is 16.5. The molecule has 0 bridgehead atoms. The molecule has 3 aromatic carbocycles. The third-order valence-electron chi connectivity index (χ3n) is 6.08. The van der Waals surface area contributed by atoms with E-state index in [-0.39, 0.29) is 5.63 Å². The largest absolute Gasteiger partial charge is 0.497 e. The molecule has 0 fully saturated rings. The Bertz CT molecular complexity index is 1380. The maximum atomic E-state index is 12.6. The van der Waals surface area contributed by atoms with Crippen molar-refractivity contribution < 1.29 is 18.6 Å². The number of rotatable bonds is 11. The quantitative estimate of drug-likeness (QED) is 0.125. The first-order chi connectivity index (χ1) is 17.6. The van der Waals surface area contributed by atoms with Crippen LogP contribution in [-0.4, -0.2) is 20.8 Å². The summed E-state index contributed by atoms with van der Waals surface area (Å²) in [5.41, 5.74) is 3.49. The normalized spacial score (nSPS) is 11.2. The molecule has 0 unspecified atom stereocenters. The van der Waals surface area contributed by atoms with Gasteiger partial charge in [0.05, 0.1) is 26.4 Å². The molecule has 0 aliphatic carbocycles. The van der Waals surface area contributed by atoms with Gasteiger partial charge in [0.2, 0.25) is 0 Å². The second kappa shape index (κ2) is 12.1. The average molecular weight is 485 g/mol. The van der Waals surface area contributed by atoms with Crippen molar-refractivity contribution >= 4 is 23.1 Å². The van der Waals surface area contributed by atoms with Crippen LogP contribution in [0.2, 0.25) is 0 Å². The van der Waals surface area contributed by atoms with Crippen molar-refractivity contribution in [2.24, 2.45) is 0 Å². The first kappa shape index (κ1) is 25.1. The van der Waals surface area contributed by atoms with Gasteiger partial charge >= 0.3 is 5.63 Å². The van der Waals surface area contributed by atoms with E-state index in [1.165, 1.54) is 19.3 Å². The Morgan fingerprint density at radius 1 is 0.778 bits per heavy atom. The highest BCUT2D eigenvalue weighted by Crippen LogP contribution is 2.29. The maximum Gasteiger partial charge on any atom is 0.344 e. The molecule has 0 aliphatic rings. The second-order valence-electron chi connectivity index (χ2n) is 8.63. The van der Waals surface area contributed by atoms with Crippen LogP contribution in [0.15, 0.2) is 75.9 Å². The van der Waals surface area contributed by atoms with Gasteiger partial charge in [0, 0.05) is 11.5 Å². The van der Waals surface area contributed by atoms with Crippen molar-refractivity contribution in [2.75, 3.05) is 20.8 Å². The molecule has 5 heteroatoms. The number of unbranched alkanes of at least 4 members (excludes halogenated alkanes) is 3. The van der Waals surface area contributed by atoms with E-state index in [9.17, 15) is 4.79 Å². The van der Waals surface area contributed by atoms with E-state index >= 15 is 0 Å². The molecule has 0 atom stereocenters. The SMILES string of the molecule is CCCCCCOc1ccc(C=Cc2ccc(-c3cc4ccc(OC)cc4oc3=O)cc2)cc1OC. The highest BCUT2D eigenvalue weighted by molar-refractivity contribution is 5.83. The Morgan fingerprint density at radius 2 is 1.56 bits per heavy atom. The maximum absolute atomic E-state index is 12.6. The molecule has 186 valence electrons. The molecule has 5 nitrogen and oxygen atoms in total. The van der Waals surface area contributed by atoms with E-state index in [4.69, 9.17) is 18.6 Å². The van der Waals surface area contributed by atoms with Gasteiger partial charge in [-0.05, 0) is 53.4 Å². The minimum absolute atomic E-state index is 0.376. The molecule has 0 N–H and O–H groups in total. The fourth-order valence-corrected chi connectivity index (χ4v) is 4.00. The van der Waals surface area contributed by atoms with Gasteiger partial charge in [0.25, 0.3) is 0 Å². The smallest absolute Gasteiger partial charge is 0.344 e. The lowest BCUT2D eigenvalue weighted by Gasteiger charge is -2.11. The Kier molecular flexibility index (Phi) is 8.45. The molecule has 0 amide bonds. The Balaban J connectivity index is 1.46. The topological polar surface area (TPSA) is 57.9 Å². The molecule has 0 radical (unpaired) electrons. The molecular formula is C31H32O5. The van der Waals surface area contributed by atoms with Gasteiger partial charge in [-0.2, -0.15) is 0 Å². The summed E-state index contributed by atoms with van der Waals surface area (Å²) in [6.07, 6.45) is 8.72. The zero-order valence-electron chi connectivity index (χ0n) is 21.1. The minimum atomic E-state index is -0.376. The average Bonchev–Trinajstić information content (AvgIpc) is 2.91. The molecule has 0 spiro atoms. The summed E-state index contributed by atoms with van der Waals surface area (Å²) >= 11 is 0. The van der Waals surface area contributed by atoms with Crippen LogP contribution >= 0.6 is 0 Å². The Morgan fingerprint density at radius 3 is 2.31 bits per heavy atom. The van der Waals surface area contributed by atoms with Crippen molar-refractivity contribution in [2.45, 2.75) is 32.6 Å². The van der Waals surface area contributed by atoms with Crippen LogP contribution in [0, 0.1) is 0 Å². The molecule has 0 saturated heterocycles. The number of hydrogen-bond donors (Lipinski definition) is 0. The highest BCUT2D eigenvalue weighted by Gasteiger charge is 2.09. The van der Waals surface area contributed by atoms with Crippen molar-refractivity contribution in [1.82, 2.24) is 0 Å². The zero-order chi connectivity index (χ0) is 25.3. The van der Waals surface area contributed by atoms with Crippen molar-refractivity contribution in [3.05, 3.63) is 88.3 Å². The Hall–Kier alpha value is -3.99. The van der Waals surface area contributed by atoms with Gasteiger partial charge in [0.15, 0.2) is 11.5 Å². The summed E-state index contributed by atoms with van der Waals surface area (Å²) in [5, 5.41) is 0.844. The van der Waals surface area contributed by atoms with Crippen LogP contribution in [0.5, 0.6) is 17.2 Å². The molecule has 4 aromatic rings. The number of fused-ring (bicyclic) bond motifs is 1. The van der Waals surface area contributed by atoms with Crippen LogP contribution in [0.3, 0.4) is 0 Å². The van der Waals surface area contributed by atoms with Crippen LogP contribution in [-0.2, 0) is 0 Å². The molecule has 36 heavy (non-hydrogen) atoms. The van der Waals surface area contributed by atoms with Gasteiger partial charge in [0.1, 0.15) is 11.3 Å². The summed E-state index contributed by atoms with van der Waals surface area (Å²) in [6, 6.07) is 21.1. The number of benzene rings is 3. The monoisotopic (exact) mass is 484 g/mol. The van der Waals surface area contributed by atoms with E-state index in [1.54, 1.807) is 20.3 Å². The van der Waals surface area contributed by atoms with Crippen LogP contribution in [0.25, 0.3) is 34.2 Å². The zero-order valence-corrected chi connectivity index (χ0v) is 21.1. The summed E-state index contributed by atoms with van der Waals surface area (Å²) in [7, 11) is 3.24. The van der Waals surface area contributed by atoms with Crippen molar-refractivity contribution in [1.29, 1.82) is 0 Å². The first-order valence-electron chi connectivity index (χ1n) is 12.3. The minimum Gasteiger partial charge on any atom is -0.497 e. The summed E-state index contributed by atoms with van der Waals surface area (Å²) < 4.78 is 22.2. The van der Waals surface area contributed by atoms with Gasteiger partial charge in [-0.3, -0.25) is 0 Å². The van der Waals surface area contributed by atoms with Gasteiger partial charge in [-0.25, -0.2) is 4.79 Å². The van der Waals surface area contributed by atoms with Gasteiger partial charge in [-0.1, -0.05) is 68.7 Å². The fraction of sp³-hybridized carbons (Fsp3) is 0.258. The molecular weight excluding hydrogens is 452 g/mol. The third-order valence-corrected chi connectivity index (χ3v) is 6.08. The number of methoxy groups -OCH3 is 2. The lowest BCUT2D eigenvalue weighted by Crippen LogP contribution is -2.02. The lowest BCUT2D eigenvalue weighted by atomic mass is 10.0. The van der Waals surface area contributed by atoms with E-state index in [0.717, 1.165) is 40.0 Å². The van der Waals surface area contributed by atoms with Crippen LogP contribution < -0.4 is 19.8 Å². The number of ether oxygens (including phenoxy) is 3. The third kappa shape index (κ3) is 6.16. The predicted molar refractivity (Wildman–Crippen MR) is 146 cm³/mol. The summed E-state index contributed by atoms with van der Waals surface area (Å²) in [6.45, 7) is 2.90. The summed E-state index contributed by atoms with van der Waals surface area (Å²) in [4.78, 5) is 12.6. The van der Waals surface area contributed by atoms with E-state index in [2.05, 4.69) is 6.92 Å². The van der Waals surface area contributed by atoms with E-state index in [0.29, 0.717) is 23.5 Å². The standard InChI is InChI=1S/C31H32O5/c1-4-5-6-7-18-35-28-17-12-23(19-30(28)34-3)9-8-22-10-13-24(14-11-22)27-20-25-15-16-26(33-2)21-29(25)36-31(27)32/h8-17,19-21H,4-7,18H2,1-3H3. The van der Waals surface area contributed by atoms with Crippen LogP contribution in [0.4, 0.5) is 0 Å². The Labute approximate surface area is 211 Å². The lowest BCUT2D eigenvalue weighted by molar-refractivity contribution is 0.285. The molecule has 4 rings (SSSR count). The molecule has 1 aromatic heterocycles. The van der Waals surface area contributed by atoms with Gasteiger partial charge in [-0.15, -0.1) is 0 Å². The molecule has 0 saturated carbocycles. The molecule has 1 heterocycles. The van der Waals surface area contributed by atoms with E-state index < -0.39 is 0 Å². The fourth-order valence-electron chi connectivity index (χ4n) is 4.00. The second-order valence-corrected chi connectivity index (χ2v) is 8.63.